The van der Waals surface area contributed by atoms with E-state index < -0.39 is 0 Å². The predicted octanol–water partition coefficient (Wildman–Crippen LogP) is 0.696. The fraction of sp³-hybridized carbons (Fsp3) is 0.917. The molecule has 0 radical (unpaired) electrons. The lowest BCUT2D eigenvalue weighted by Gasteiger charge is -2.60. The molecule has 0 amide bonds. The van der Waals surface area contributed by atoms with Crippen LogP contribution in [0.25, 0.3) is 0 Å². The average Bonchev–Trinajstić information content (AvgIpc) is 2.25. The third kappa shape index (κ3) is 1.11. The highest BCUT2D eigenvalue weighted by molar-refractivity contribution is 5.93. The summed E-state index contributed by atoms with van der Waals surface area (Å²) in [6.07, 6.45) is 5.56. The van der Waals surface area contributed by atoms with E-state index in [1.807, 2.05) is 7.05 Å². The van der Waals surface area contributed by atoms with Gasteiger partial charge in [0.15, 0.2) is 5.78 Å². The van der Waals surface area contributed by atoms with Gasteiger partial charge in [0.2, 0.25) is 0 Å². The van der Waals surface area contributed by atoms with Crippen molar-refractivity contribution in [2.75, 3.05) is 14.1 Å². The summed E-state index contributed by atoms with van der Waals surface area (Å²) in [5.41, 5.74) is 0.0653. The summed E-state index contributed by atoms with van der Waals surface area (Å²) < 4.78 is 0. The summed E-state index contributed by atoms with van der Waals surface area (Å²) >= 11 is 0. The Labute approximate surface area is 91.0 Å². The molecule has 3 nitrogen and oxygen atoms in total. The maximum Gasteiger partial charge on any atom is 0.156 e. The zero-order valence-corrected chi connectivity index (χ0v) is 9.60. The summed E-state index contributed by atoms with van der Waals surface area (Å²) in [5, 5.41) is 6.83. The number of nitrogens with one attached hydrogen (secondary N) is 2. The molecule has 15 heavy (non-hydrogen) atoms. The van der Waals surface area contributed by atoms with Crippen molar-refractivity contribution in [2.45, 2.75) is 43.2 Å². The highest BCUT2D eigenvalue weighted by Crippen LogP contribution is 2.55. The summed E-state index contributed by atoms with van der Waals surface area (Å²) in [6.45, 7) is 0. The third-order valence-electron chi connectivity index (χ3n) is 5.06. The number of hydrogen-bond donors (Lipinski definition) is 2. The van der Waals surface area contributed by atoms with Crippen molar-refractivity contribution in [1.29, 1.82) is 0 Å². The highest BCUT2D eigenvalue weighted by Gasteiger charge is 2.61. The molecule has 2 N–H and O–H groups in total. The van der Waals surface area contributed by atoms with Crippen molar-refractivity contribution in [3.8, 4) is 0 Å². The van der Waals surface area contributed by atoms with E-state index >= 15 is 0 Å². The molecule has 0 aromatic rings. The lowest BCUT2D eigenvalue weighted by Crippen LogP contribution is -2.72. The van der Waals surface area contributed by atoms with Gasteiger partial charge in [-0.1, -0.05) is 0 Å². The summed E-state index contributed by atoms with van der Waals surface area (Å²) in [4.78, 5) is 12.3. The number of likely N-dealkylation sites (N-methyl/N-ethyl adjacent to an activating group) is 1. The fourth-order valence-corrected chi connectivity index (χ4v) is 4.50. The Balaban J connectivity index is 2.02. The van der Waals surface area contributed by atoms with Crippen LogP contribution in [0.2, 0.25) is 0 Å². The van der Waals surface area contributed by atoms with E-state index in [0.717, 1.165) is 31.6 Å². The largest absolute Gasteiger partial charge is 0.314 e. The van der Waals surface area contributed by atoms with E-state index in [0.29, 0.717) is 11.7 Å². The zero-order valence-electron chi connectivity index (χ0n) is 9.60. The minimum Gasteiger partial charge on any atom is -0.314 e. The molecule has 0 heterocycles. The molecule has 3 heteroatoms. The molecule has 0 saturated heterocycles. The number of carbonyl (C=O) groups is 1. The Morgan fingerprint density at radius 3 is 2.67 bits per heavy atom. The Morgan fingerprint density at radius 2 is 2.00 bits per heavy atom. The van der Waals surface area contributed by atoms with Gasteiger partial charge in [0.05, 0.1) is 5.54 Å². The lowest BCUT2D eigenvalue weighted by molar-refractivity contribution is -0.148. The number of carbonyl (C=O) groups excluding carboxylic acids is 1. The molecule has 4 saturated carbocycles. The minimum atomic E-state index is -0.187. The maximum absolute atomic E-state index is 12.3. The first-order valence-corrected chi connectivity index (χ1v) is 6.05. The Morgan fingerprint density at radius 1 is 1.20 bits per heavy atom. The van der Waals surface area contributed by atoms with Crippen molar-refractivity contribution in [1.82, 2.24) is 10.6 Å². The van der Waals surface area contributed by atoms with Crippen LogP contribution in [-0.2, 0) is 4.79 Å². The molecular weight excluding hydrogens is 188 g/mol. The second-order valence-electron chi connectivity index (χ2n) is 5.81. The SMILES string of the molecule is CNC12CC3CC(C1)C(=O)C(NC)(C3)C2. The minimum absolute atomic E-state index is 0.187. The van der Waals surface area contributed by atoms with E-state index in [9.17, 15) is 4.79 Å². The molecule has 4 aliphatic rings. The molecule has 4 atom stereocenters. The lowest BCUT2D eigenvalue weighted by atomic mass is 9.49. The van der Waals surface area contributed by atoms with E-state index in [-0.39, 0.29) is 11.1 Å². The van der Waals surface area contributed by atoms with Gasteiger partial charge in [-0.25, -0.2) is 0 Å². The topological polar surface area (TPSA) is 41.1 Å². The quantitative estimate of drug-likeness (QED) is 0.702. The normalized spacial score (nSPS) is 52.5. The van der Waals surface area contributed by atoms with Crippen molar-refractivity contribution in [2.24, 2.45) is 11.8 Å². The third-order valence-corrected chi connectivity index (χ3v) is 5.06. The van der Waals surface area contributed by atoms with Crippen LogP contribution in [0, 0.1) is 11.8 Å². The Hall–Kier alpha value is -0.410. The monoisotopic (exact) mass is 208 g/mol. The molecule has 4 unspecified atom stereocenters. The number of hydrogen-bond acceptors (Lipinski definition) is 3. The van der Waals surface area contributed by atoms with Gasteiger partial charge in [0, 0.05) is 11.5 Å². The van der Waals surface area contributed by atoms with Crippen LogP contribution in [-0.4, -0.2) is 31.0 Å². The molecule has 4 bridgehead atoms. The van der Waals surface area contributed by atoms with Gasteiger partial charge in [0.25, 0.3) is 0 Å². The van der Waals surface area contributed by atoms with E-state index in [1.54, 1.807) is 0 Å². The number of ketones is 1. The molecular formula is C12H20N2O. The van der Waals surface area contributed by atoms with Crippen LogP contribution < -0.4 is 10.6 Å². The van der Waals surface area contributed by atoms with Gasteiger partial charge in [-0.15, -0.1) is 0 Å². The molecule has 0 aromatic carbocycles. The first-order chi connectivity index (χ1) is 7.13. The number of rotatable bonds is 2. The molecule has 4 fully saturated rings. The van der Waals surface area contributed by atoms with Crippen molar-refractivity contribution < 1.29 is 4.79 Å². The second kappa shape index (κ2) is 2.83. The molecule has 4 aliphatic carbocycles. The second-order valence-corrected chi connectivity index (χ2v) is 5.81. The fourth-order valence-electron chi connectivity index (χ4n) is 4.50. The molecule has 4 rings (SSSR count). The highest BCUT2D eigenvalue weighted by atomic mass is 16.1. The van der Waals surface area contributed by atoms with Crippen molar-refractivity contribution in [3.05, 3.63) is 0 Å². The van der Waals surface area contributed by atoms with Crippen molar-refractivity contribution in [3.63, 3.8) is 0 Å². The van der Waals surface area contributed by atoms with Crippen LogP contribution in [0.3, 0.4) is 0 Å². The first kappa shape index (κ1) is 9.79. The number of Topliss-reactive ketones (excluding diaryl/α,β-unsaturated/α-hetero) is 1. The molecule has 0 aliphatic heterocycles. The van der Waals surface area contributed by atoms with Crippen LogP contribution in [0.1, 0.15) is 32.1 Å². The van der Waals surface area contributed by atoms with Gasteiger partial charge in [-0.05, 0) is 52.1 Å². The molecule has 0 aromatic heterocycles. The van der Waals surface area contributed by atoms with Gasteiger partial charge in [0.1, 0.15) is 0 Å². The average molecular weight is 208 g/mol. The molecule has 0 spiro atoms. The van der Waals surface area contributed by atoms with Gasteiger partial charge in [-0.3, -0.25) is 4.79 Å². The van der Waals surface area contributed by atoms with E-state index in [2.05, 4.69) is 17.7 Å². The predicted molar refractivity (Wildman–Crippen MR) is 58.7 cm³/mol. The Kier molecular flexibility index (Phi) is 1.85. The van der Waals surface area contributed by atoms with Crippen LogP contribution in [0.4, 0.5) is 0 Å². The van der Waals surface area contributed by atoms with Gasteiger partial charge >= 0.3 is 0 Å². The van der Waals surface area contributed by atoms with Gasteiger partial charge < -0.3 is 10.6 Å². The van der Waals surface area contributed by atoms with E-state index in [1.165, 1.54) is 6.42 Å². The smallest absolute Gasteiger partial charge is 0.156 e. The summed E-state index contributed by atoms with van der Waals surface area (Å²) in [5.74, 6) is 1.58. The van der Waals surface area contributed by atoms with Crippen LogP contribution in [0.15, 0.2) is 0 Å². The zero-order chi connectivity index (χ0) is 10.7. The van der Waals surface area contributed by atoms with Crippen molar-refractivity contribution >= 4 is 5.78 Å². The van der Waals surface area contributed by atoms with Crippen LogP contribution in [0.5, 0.6) is 0 Å². The van der Waals surface area contributed by atoms with Gasteiger partial charge in [-0.2, -0.15) is 0 Å². The summed E-state index contributed by atoms with van der Waals surface area (Å²) in [7, 11) is 4.01. The maximum atomic E-state index is 12.3. The molecule has 84 valence electrons. The van der Waals surface area contributed by atoms with Crippen LogP contribution >= 0.6 is 0 Å². The standard InChI is InChI=1S/C12H20N2O/c1-13-11-4-8-3-9(6-11)10(15)12(5-8,7-11)14-2/h8-9,13-14H,3-7H2,1-2H3. The summed E-state index contributed by atoms with van der Waals surface area (Å²) in [6, 6.07) is 0. The first-order valence-electron chi connectivity index (χ1n) is 6.05. The Bertz CT molecular complexity index is 317. The van der Waals surface area contributed by atoms with E-state index in [4.69, 9.17) is 0 Å².